The van der Waals surface area contributed by atoms with Gasteiger partial charge < -0.3 is 15.0 Å². The van der Waals surface area contributed by atoms with Crippen molar-refractivity contribution < 1.29 is 9.53 Å². The van der Waals surface area contributed by atoms with Gasteiger partial charge in [-0.25, -0.2) is 4.68 Å². The lowest BCUT2D eigenvalue weighted by Crippen LogP contribution is -2.28. The Kier molecular flexibility index (Phi) is 7.05. The Labute approximate surface area is 163 Å². The summed E-state index contributed by atoms with van der Waals surface area (Å²) in [4.78, 5) is 14.7. The molecule has 1 fully saturated rings. The molecule has 1 aliphatic carbocycles. The predicted molar refractivity (Wildman–Crippen MR) is 105 cm³/mol. The fourth-order valence-corrected chi connectivity index (χ4v) is 3.41. The summed E-state index contributed by atoms with van der Waals surface area (Å²) in [7, 11) is 0. The van der Waals surface area contributed by atoms with Crippen molar-refractivity contribution in [2.75, 3.05) is 37.3 Å². The number of rotatable bonds is 11. The molecule has 0 radical (unpaired) electrons. The van der Waals surface area contributed by atoms with Crippen molar-refractivity contribution in [2.45, 2.75) is 37.9 Å². The summed E-state index contributed by atoms with van der Waals surface area (Å²) in [6.07, 6.45) is 2.20. The average Bonchev–Trinajstić information content (AvgIpc) is 3.42. The molecule has 146 valence electrons. The van der Waals surface area contributed by atoms with Crippen molar-refractivity contribution in [3.8, 4) is 5.75 Å². The van der Waals surface area contributed by atoms with E-state index in [1.165, 1.54) is 11.8 Å². The lowest BCUT2D eigenvalue weighted by molar-refractivity contribution is -0.113. The Bertz CT molecular complexity index is 745. The van der Waals surface area contributed by atoms with Crippen molar-refractivity contribution >= 4 is 23.4 Å². The zero-order chi connectivity index (χ0) is 19.1. The zero-order valence-electron chi connectivity index (χ0n) is 15.8. The summed E-state index contributed by atoms with van der Waals surface area (Å²) >= 11 is 1.35. The van der Waals surface area contributed by atoms with Gasteiger partial charge in [0.25, 0.3) is 0 Å². The van der Waals surface area contributed by atoms with Crippen molar-refractivity contribution in [3.63, 3.8) is 0 Å². The van der Waals surface area contributed by atoms with Crippen molar-refractivity contribution in [1.82, 2.24) is 25.1 Å². The molecule has 1 amide bonds. The van der Waals surface area contributed by atoms with E-state index in [9.17, 15) is 4.79 Å². The number of nitrogens with zero attached hydrogens (tertiary/aromatic N) is 5. The highest BCUT2D eigenvalue weighted by Crippen LogP contribution is 2.36. The SMILES string of the molecule is CCN(CC)CCOc1ccccc1NC(=O)CSc1nnnn1C1CC1. The van der Waals surface area contributed by atoms with Crippen LogP contribution in [0.15, 0.2) is 29.4 Å². The van der Waals surface area contributed by atoms with E-state index in [2.05, 4.69) is 39.6 Å². The molecular weight excluding hydrogens is 364 g/mol. The molecular formula is C18H26N6O2S. The Morgan fingerprint density at radius 2 is 2.11 bits per heavy atom. The molecule has 0 aliphatic heterocycles. The van der Waals surface area contributed by atoms with E-state index >= 15 is 0 Å². The number of ether oxygens (including phenoxy) is 1. The largest absolute Gasteiger partial charge is 0.490 e. The molecule has 1 aromatic carbocycles. The van der Waals surface area contributed by atoms with Gasteiger partial charge in [0.2, 0.25) is 11.1 Å². The third-order valence-electron chi connectivity index (χ3n) is 4.41. The number of carbonyl (C=O) groups is 1. The standard InChI is InChI=1S/C18H26N6O2S/c1-3-23(4-2)11-12-26-16-8-6-5-7-15(16)19-17(25)13-27-18-20-21-22-24(18)14-9-10-14/h5-8,14H,3-4,9-13H2,1-2H3,(H,19,25). The second-order valence-corrected chi connectivity index (χ2v) is 7.29. The quantitative estimate of drug-likeness (QED) is 0.590. The number of tetrazole rings is 1. The van der Waals surface area contributed by atoms with E-state index < -0.39 is 0 Å². The van der Waals surface area contributed by atoms with Crippen molar-refractivity contribution in [3.05, 3.63) is 24.3 Å². The molecule has 9 heteroatoms. The topological polar surface area (TPSA) is 85.2 Å². The van der Waals surface area contributed by atoms with Crippen molar-refractivity contribution in [2.24, 2.45) is 0 Å². The molecule has 2 aromatic rings. The monoisotopic (exact) mass is 390 g/mol. The number of nitrogens with one attached hydrogen (secondary N) is 1. The summed E-state index contributed by atoms with van der Waals surface area (Å²) in [6, 6.07) is 7.90. The third-order valence-corrected chi connectivity index (χ3v) is 5.34. The van der Waals surface area contributed by atoms with Gasteiger partial charge in [0.15, 0.2) is 0 Å². The van der Waals surface area contributed by atoms with Crippen LogP contribution in [0.4, 0.5) is 5.69 Å². The molecule has 0 bridgehead atoms. The molecule has 27 heavy (non-hydrogen) atoms. The molecule has 0 atom stereocenters. The molecule has 1 heterocycles. The van der Waals surface area contributed by atoms with Crippen LogP contribution in [0.5, 0.6) is 5.75 Å². The number of thioether (sulfide) groups is 1. The summed E-state index contributed by atoms with van der Waals surface area (Å²) in [5.74, 6) is 0.830. The number of carbonyl (C=O) groups excluding carboxylic acids is 1. The van der Waals surface area contributed by atoms with Crippen LogP contribution >= 0.6 is 11.8 Å². The molecule has 0 saturated heterocycles. The number of likely N-dealkylation sites (N-methyl/N-ethyl adjacent to an activating group) is 1. The van der Waals surface area contributed by atoms with Crippen LogP contribution in [-0.2, 0) is 4.79 Å². The van der Waals surface area contributed by atoms with Gasteiger partial charge in [-0.3, -0.25) is 4.79 Å². The highest BCUT2D eigenvalue weighted by molar-refractivity contribution is 7.99. The van der Waals surface area contributed by atoms with Crippen LogP contribution in [0.2, 0.25) is 0 Å². The van der Waals surface area contributed by atoms with Gasteiger partial charge in [-0.2, -0.15) is 0 Å². The van der Waals surface area contributed by atoms with Gasteiger partial charge in [0, 0.05) is 6.54 Å². The lowest BCUT2D eigenvalue weighted by atomic mass is 10.3. The normalized spacial score (nSPS) is 13.7. The van der Waals surface area contributed by atoms with E-state index in [1.807, 2.05) is 28.9 Å². The first-order valence-electron chi connectivity index (χ1n) is 9.36. The van der Waals surface area contributed by atoms with E-state index in [0.717, 1.165) is 32.5 Å². The van der Waals surface area contributed by atoms with E-state index in [-0.39, 0.29) is 11.7 Å². The van der Waals surface area contributed by atoms with E-state index in [4.69, 9.17) is 4.74 Å². The second-order valence-electron chi connectivity index (χ2n) is 6.35. The Morgan fingerprint density at radius 3 is 2.85 bits per heavy atom. The number of benzene rings is 1. The lowest BCUT2D eigenvalue weighted by Gasteiger charge is -2.19. The number of para-hydroxylation sites is 2. The first-order chi connectivity index (χ1) is 13.2. The highest BCUT2D eigenvalue weighted by atomic mass is 32.2. The van der Waals surface area contributed by atoms with Crippen LogP contribution in [-0.4, -0.2) is 63.0 Å². The molecule has 1 saturated carbocycles. The smallest absolute Gasteiger partial charge is 0.234 e. The van der Waals surface area contributed by atoms with Gasteiger partial charge in [-0.05, 0) is 48.5 Å². The summed E-state index contributed by atoms with van der Waals surface area (Å²) < 4.78 is 7.69. The minimum atomic E-state index is -0.106. The molecule has 1 aliphatic rings. The molecule has 0 spiro atoms. The number of aromatic nitrogens is 4. The van der Waals surface area contributed by atoms with Crippen LogP contribution in [0.3, 0.4) is 0 Å². The predicted octanol–water partition coefficient (Wildman–Crippen LogP) is 2.46. The maximum Gasteiger partial charge on any atom is 0.234 e. The van der Waals surface area contributed by atoms with E-state index in [0.29, 0.717) is 29.2 Å². The number of hydrogen-bond donors (Lipinski definition) is 1. The van der Waals surface area contributed by atoms with Crippen LogP contribution < -0.4 is 10.1 Å². The first kappa shape index (κ1) is 19.6. The number of amides is 1. The first-order valence-corrected chi connectivity index (χ1v) is 10.3. The Hall–Kier alpha value is -2.13. The summed E-state index contributed by atoms with van der Waals surface area (Å²) in [5.41, 5.74) is 0.685. The number of hydrogen-bond acceptors (Lipinski definition) is 7. The Morgan fingerprint density at radius 1 is 1.33 bits per heavy atom. The molecule has 0 unspecified atom stereocenters. The van der Waals surface area contributed by atoms with Gasteiger partial charge in [-0.1, -0.05) is 37.7 Å². The van der Waals surface area contributed by atoms with Gasteiger partial charge in [0.1, 0.15) is 12.4 Å². The maximum absolute atomic E-state index is 12.4. The highest BCUT2D eigenvalue weighted by Gasteiger charge is 2.28. The fourth-order valence-electron chi connectivity index (χ4n) is 2.67. The van der Waals surface area contributed by atoms with Crippen LogP contribution in [0, 0.1) is 0 Å². The molecule has 1 aromatic heterocycles. The molecule has 8 nitrogen and oxygen atoms in total. The van der Waals surface area contributed by atoms with Gasteiger partial charge in [-0.15, -0.1) is 5.10 Å². The van der Waals surface area contributed by atoms with Gasteiger partial charge in [0.05, 0.1) is 17.5 Å². The minimum absolute atomic E-state index is 0.106. The maximum atomic E-state index is 12.4. The van der Waals surface area contributed by atoms with Crippen LogP contribution in [0.1, 0.15) is 32.7 Å². The van der Waals surface area contributed by atoms with Crippen molar-refractivity contribution in [1.29, 1.82) is 0 Å². The summed E-state index contributed by atoms with van der Waals surface area (Å²) in [5, 5.41) is 15.3. The molecule has 3 rings (SSSR count). The third kappa shape index (κ3) is 5.67. The second kappa shape index (κ2) is 9.70. The van der Waals surface area contributed by atoms with Gasteiger partial charge >= 0.3 is 0 Å². The number of anilines is 1. The van der Waals surface area contributed by atoms with E-state index in [1.54, 1.807) is 0 Å². The fraction of sp³-hybridized carbons (Fsp3) is 0.556. The molecule has 1 N–H and O–H groups in total. The Balaban J connectivity index is 1.50. The minimum Gasteiger partial charge on any atom is -0.490 e. The van der Waals surface area contributed by atoms with Crippen LogP contribution in [0.25, 0.3) is 0 Å². The summed E-state index contributed by atoms with van der Waals surface area (Å²) in [6.45, 7) is 7.70. The average molecular weight is 391 g/mol. The zero-order valence-corrected chi connectivity index (χ0v) is 16.6.